The van der Waals surface area contributed by atoms with Gasteiger partial charge >= 0.3 is 0 Å². The molecule has 2 atom stereocenters. The molecule has 0 amide bonds. The number of hydrogen-bond acceptors (Lipinski definition) is 7. The van der Waals surface area contributed by atoms with Crippen LogP contribution in [0.15, 0.2) is 30.5 Å². The van der Waals surface area contributed by atoms with E-state index in [9.17, 15) is 9.90 Å². The Morgan fingerprint density at radius 3 is 2.97 bits per heavy atom. The van der Waals surface area contributed by atoms with Crippen molar-refractivity contribution in [3.05, 3.63) is 41.7 Å². The minimum absolute atomic E-state index is 0.170. The predicted octanol–water partition coefficient (Wildman–Crippen LogP) is 1.08. The maximum atomic E-state index is 11.5. The minimum atomic E-state index is -1.36. The quantitative estimate of drug-likeness (QED) is 0.498. The van der Waals surface area contributed by atoms with Gasteiger partial charge in [0.1, 0.15) is 17.9 Å². The molecule has 148 valence electrons. The number of aliphatic hydroxyl groups is 1. The fourth-order valence-electron chi connectivity index (χ4n) is 3.79. The number of anilines is 1. The van der Waals surface area contributed by atoms with Gasteiger partial charge in [0.05, 0.1) is 11.2 Å². The number of carbonyl (C=O) groups excluding carboxylic acids is 1. The van der Waals surface area contributed by atoms with Gasteiger partial charge in [0.2, 0.25) is 5.95 Å². The fourth-order valence-corrected chi connectivity index (χ4v) is 3.79. The van der Waals surface area contributed by atoms with Crippen LogP contribution in [-0.2, 0) is 4.79 Å². The van der Waals surface area contributed by atoms with Crippen molar-refractivity contribution in [2.24, 2.45) is 0 Å². The lowest BCUT2D eigenvalue weighted by atomic mass is 9.85. The Balaban J connectivity index is 1.76. The van der Waals surface area contributed by atoms with Gasteiger partial charge in [-0.15, -0.1) is 0 Å². The molecule has 0 bridgehead atoms. The summed E-state index contributed by atoms with van der Waals surface area (Å²) in [4.78, 5) is 21.5. The summed E-state index contributed by atoms with van der Waals surface area (Å²) in [6, 6.07) is 6.82. The predicted molar refractivity (Wildman–Crippen MR) is 109 cm³/mol. The Kier molecular flexibility index (Phi) is 4.78. The molecule has 8 nitrogen and oxygen atoms in total. The third-order valence-corrected chi connectivity index (χ3v) is 5.33. The van der Waals surface area contributed by atoms with Crippen LogP contribution >= 0.6 is 0 Å². The van der Waals surface area contributed by atoms with E-state index >= 15 is 0 Å². The SMILES string of the molecule is Cc1nn(-c2ccnc(N)n2)c2cc(C#CC3(O)CCCN(C)C3C=O)ccc12. The Labute approximate surface area is 168 Å². The molecule has 4 rings (SSSR count). The maximum Gasteiger partial charge on any atom is 0.221 e. The normalized spacial score (nSPS) is 22.2. The maximum absolute atomic E-state index is 11.5. The molecule has 1 aliphatic rings. The van der Waals surface area contributed by atoms with E-state index in [2.05, 4.69) is 26.9 Å². The molecule has 1 aromatic carbocycles. The van der Waals surface area contributed by atoms with E-state index < -0.39 is 11.6 Å². The zero-order chi connectivity index (χ0) is 20.6. The summed E-state index contributed by atoms with van der Waals surface area (Å²) in [7, 11) is 1.83. The molecule has 0 spiro atoms. The van der Waals surface area contributed by atoms with E-state index in [1.165, 1.54) is 0 Å². The third-order valence-electron chi connectivity index (χ3n) is 5.33. The van der Waals surface area contributed by atoms with Gasteiger partial charge in [0.25, 0.3) is 0 Å². The minimum Gasteiger partial charge on any atom is -0.375 e. The number of hydrogen-bond donors (Lipinski definition) is 2. The van der Waals surface area contributed by atoms with Gasteiger partial charge in [-0.05, 0) is 51.6 Å². The Morgan fingerprint density at radius 2 is 2.21 bits per heavy atom. The topological polar surface area (TPSA) is 110 Å². The monoisotopic (exact) mass is 390 g/mol. The van der Waals surface area contributed by atoms with Crippen molar-refractivity contribution in [1.29, 1.82) is 0 Å². The largest absolute Gasteiger partial charge is 0.375 e. The number of piperidine rings is 1. The van der Waals surface area contributed by atoms with Crippen molar-refractivity contribution in [2.75, 3.05) is 19.3 Å². The number of aromatic nitrogens is 4. The number of likely N-dealkylation sites (N-methyl/N-ethyl adjacent to an activating group) is 1. The molecule has 8 heteroatoms. The average Bonchev–Trinajstić information content (AvgIpc) is 3.03. The molecule has 0 radical (unpaired) electrons. The zero-order valence-electron chi connectivity index (χ0n) is 16.3. The lowest BCUT2D eigenvalue weighted by Gasteiger charge is -2.39. The van der Waals surface area contributed by atoms with E-state index in [4.69, 9.17) is 5.73 Å². The number of carbonyl (C=O) groups is 1. The summed E-state index contributed by atoms with van der Waals surface area (Å²) in [5.74, 6) is 6.72. The molecule has 1 saturated heterocycles. The highest BCUT2D eigenvalue weighted by Crippen LogP contribution is 2.26. The number of aldehydes is 1. The van der Waals surface area contributed by atoms with Crippen LogP contribution < -0.4 is 5.73 Å². The number of likely N-dealkylation sites (tertiary alicyclic amines) is 1. The number of fused-ring (bicyclic) bond motifs is 1. The van der Waals surface area contributed by atoms with Crippen molar-refractivity contribution in [3.8, 4) is 17.7 Å². The van der Waals surface area contributed by atoms with Gasteiger partial charge in [0.15, 0.2) is 5.82 Å². The molecular weight excluding hydrogens is 368 g/mol. The second-order valence-corrected chi connectivity index (χ2v) is 7.34. The first-order valence-corrected chi connectivity index (χ1v) is 9.41. The van der Waals surface area contributed by atoms with Crippen molar-refractivity contribution in [2.45, 2.75) is 31.4 Å². The van der Waals surface area contributed by atoms with E-state index in [1.54, 1.807) is 16.9 Å². The number of rotatable bonds is 2. The van der Waals surface area contributed by atoms with E-state index in [-0.39, 0.29) is 5.95 Å². The van der Waals surface area contributed by atoms with Crippen molar-refractivity contribution < 1.29 is 9.90 Å². The standard InChI is InChI=1S/C21H22N6O2/c1-14-16-5-4-15(6-9-21(29)8-3-11-26(2)18(21)13-28)12-17(16)27(25-14)19-7-10-23-20(22)24-19/h4-5,7,10,12-13,18,29H,3,8,11H2,1-2H3,(H2,22,23,24). The van der Waals surface area contributed by atoms with Gasteiger partial charge < -0.3 is 15.6 Å². The van der Waals surface area contributed by atoms with Crippen LogP contribution in [0.4, 0.5) is 5.95 Å². The molecule has 0 saturated carbocycles. The lowest BCUT2D eigenvalue weighted by Crippen LogP contribution is -2.55. The molecule has 2 aromatic heterocycles. The Hall–Kier alpha value is -3.28. The van der Waals surface area contributed by atoms with Crippen LogP contribution in [0, 0.1) is 18.8 Å². The highest BCUT2D eigenvalue weighted by molar-refractivity contribution is 5.84. The molecule has 3 heterocycles. The van der Waals surface area contributed by atoms with E-state index in [1.807, 2.05) is 37.1 Å². The van der Waals surface area contributed by atoms with Crippen LogP contribution in [0.25, 0.3) is 16.7 Å². The molecule has 1 aliphatic heterocycles. The van der Waals surface area contributed by atoms with Crippen molar-refractivity contribution in [3.63, 3.8) is 0 Å². The highest BCUT2D eigenvalue weighted by Gasteiger charge is 2.40. The van der Waals surface area contributed by atoms with Crippen LogP contribution in [-0.4, -0.2) is 61.3 Å². The number of nitrogens with two attached hydrogens (primary N) is 1. The van der Waals surface area contributed by atoms with Gasteiger partial charge in [0, 0.05) is 23.2 Å². The summed E-state index contributed by atoms with van der Waals surface area (Å²) < 4.78 is 1.70. The average molecular weight is 390 g/mol. The van der Waals surface area contributed by atoms with Crippen molar-refractivity contribution in [1.82, 2.24) is 24.6 Å². The van der Waals surface area contributed by atoms with Gasteiger partial charge in [-0.3, -0.25) is 4.90 Å². The van der Waals surface area contributed by atoms with Crippen LogP contribution in [0.2, 0.25) is 0 Å². The van der Waals surface area contributed by atoms with E-state index in [0.29, 0.717) is 17.8 Å². The third kappa shape index (κ3) is 3.46. The number of nitrogen functional groups attached to an aromatic ring is 1. The molecule has 1 fully saturated rings. The first-order chi connectivity index (χ1) is 13.9. The Morgan fingerprint density at radius 1 is 1.38 bits per heavy atom. The summed E-state index contributed by atoms with van der Waals surface area (Å²) in [6.07, 6.45) is 3.60. The van der Waals surface area contributed by atoms with Gasteiger partial charge in [-0.25, -0.2) is 9.67 Å². The Bertz CT molecular complexity index is 1150. The molecule has 3 N–H and O–H groups in total. The summed E-state index contributed by atoms with van der Waals surface area (Å²) in [6.45, 7) is 2.68. The van der Waals surface area contributed by atoms with Crippen LogP contribution in [0.3, 0.4) is 0 Å². The fraction of sp³-hybridized carbons (Fsp3) is 0.333. The molecule has 0 aliphatic carbocycles. The number of aryl methyl sites for hydroxylation is 1. The van der Waals surface area contributed by atoms with Crippen molar-refractivity contribution >= 4 is 23.1 Å². The second-order valence-electron chi connectivity index (χ2n) is 7.34. The summed E-state index contributed by atoms with van der Waals surface area (Å²) in [5, 5.41) is 16.5. The summed E-state index contributed by atoms with van der Waals surface area (Å²) in [5.41, 5.74) is 6.75. The molecule has 29 heavy (non-hydrogen) atoms. The van der Waals surface area contributed by atoms with Gasteiger partial charge in [-0.1, -0.05) is 11.8 Å². The second kappa shape index (κ2) is 7.28. The first-order valence-electron chi connectivity index (χ1n) is 9.41. The smallest absolute Gasteiger partial charge is 0.221 e. The van der Waals surface area contributed by atoms with Crippen LogP contribution in [0.1, 0.15) is 24.1 Å². The molecular formula is C21H22N6O2. The number of nitrogens with zero attached hydrogens (tertiary/aromatic N) is 5. The van der Waals surface area contributed by atoms with Gasteiger partial charge in [-0.2, -0.15) is 10.1 Å². The lowest BCUT2D eigenvalue weighted by molar-refractivity contribution is -0.121. The number of benzene rings is 1. The zero-order valence-corrected chi connectivity index (χ0v) is 16.3. The first kappa shape index (κ1) is 19.1. The highest BCUT2D eigenvalue weighted by atomic mass is 16.3. The summed E-state index contributed by atoms with van der Waals surface area (Å²) >= 11 is 0. The molecule has 2 unspecified atom stereocenters. The van der Waals surface area contributed by atoms with Crippen LogP contribution in [0.5, 0.6) is 0 Å². The van der Waals surface area contributed by atoms with E-state index in [0.717, 1.165) is 35.8 Å². The molecule has 3 aromatic rings.